The van der Waals surface area contributed by atoms with Gasteiger partial charge in [0.05, 0.1) is 12.2 Å². The molecule has 0 spiro atoms. The van der Waals surface area contributed by atoms with Crippen LogP contribution in [-0.4, -0.2) is 65.6 Å². The Bertz CT molecular complexity index is 598. The molecule has 0 fully saturated rings. The van der Waals surface area contributed by atoms with E-state index in [9.17, 15) is 13.5 Å². The molecule has 7 nitrogen and oxygen atoms in total. The molecule has 2 unspecified atom stereocenters. The second-order valence-electron chi connectivity index (χ2n) is 7.07. The van der Waals surface area contributed by atoms with E-state index in [1.165, 1.54) is 32.1 Å². The molecule has 0 heterocycles. The molecule has 29 heavy (non-hydrogen) atoms. The maximum Gasteiger partial charge on any atom is 0.267 e. The first-order valence-corrected chi connectivity index (χ1v) is 11.7. The minimum Gasteiger partial charge on any atom is -0.392 e. The Hall–Kier alpha value is -0.190. The van der Waals surface area contributed by atoms with Crippen LogP contribution in [0.1, 0.15) is 71.1 Å². The molecule has 0 aromatic heterocycles. The zero-order chi connectivity index (χ0) is 20.7. The minimum absolute atomic E-state index is 0. The summed E-state index contributed by atoms with van der Waals surface area (Å²) in [6.45, 7) is 2.19. The standard InChI is InChI=1S/C20H34O7S.Na/c1-2-3-4-5-6-7-9-14-20(16-15-18(21)17-28(22,23)24)26-27-25-19-12-10-8-11-13-19;/h8,10-13,18,20-21H,2-7,9,14-17H2,1H3,(H,22,23,24);. The van der Waals surface area contributed by atoms with Gasteiger partial charge in [0.25, 0.3) is 10.1 Å². The number of aliphatic hydroxyl groups is 1. The van der Waals surface area contributed by atoms with Crippen molar-refractivity contribution in [3.63, 3.8) is 0 Å². The summed E-state index contributed by atoms with van der Waals surface area (Å²) in [5.74, 6) is -0.179. The third-order valence-electron chi connectivity index (χ3n) is 4.40. The fourth-order valence-corrected chi connectivity index (χ4v) is 3.52. The molecule has 1 radical (unpaired) electrons. The van der Waals surface area contributed by atoms with Crippen LogP contribution < -0.4 is 4.89 Å². The Morgan fingerprint density at radius 1 is 0.931 bits per heavy atom. The van der Waals surface area contributed by atoms with Crippen LogP contribution in [0.2, 0.25) is 0 Å². The van der Waals surface area contributed by atoms with Gasteiger partial charge in [0.15, 0.2) is 5.75 Å². The van der Waals surface area contributed by atoms with Crippen molar-refractivity contribution in [2.24, 2.45) is 0 Å². The summed E-state index contributed by atoms with van der Waals surface area (Å²) in [4.78, 5) is 10.4. The summed E-state index contributed by atoms with van der Waals surface area (Å²) in [6.07, 6.45) is 7.95. The normalized spacial score (nSPS) is 13.5. The Kier molecular flexibility index (Phi) is 17.4. The Labute approximate surface area is 197 Å². The van der Waals surface area contributed by atoms with Crippen LogP contribution >= 0.6 is 0 Å². The van der Waals surface area contributed by atoms with Crippen LogP contribution in [0.3, 0.4) is 0 Å². The summed E-state index contributed by atoms with van der Waals surface area (Å²) in [5.41, 5.74) is 0. The molecule has 0 bridgehead atoms. The van der Waals surface area contributed by atoms with Gasteiger partial charge >= 0.3 is 0 Å². The smallest absolute Gasteiger partial charge is 0.267 e. The molecular formula is C20H34NaO7S. The molecule has 2 N–H and O–H groups in total. The van der Waals surface area contributed by atoms with E-state index in [1.54, 1.807) is 24.3 Å². The van der Waals surface area contributed by atoms with Crippen LogP contribution in [0, 0.1) is 0 Å². The summed E-state index contributed by atoms with van der Waals surface area (Å²) in [7, 11) is -4.20. The summed E-state index contributed by atoms with van der Waals surface area (Å²) in [5, 5.41) is 14.6. The van der Waals surface area contributed by atoms with Gasteiger partial charge in [0.2, 0.25) is 0 Å². The number of hydrogen-bond donors (Lipinski definition) is 2. The number of aliphatic hydroxyl groups excluding tert-OH is 1. The summed E-state index contributed by atoms with van der Waals surface area (Å²) in [6, 6.07) is 8.92. The average molecular weight is 442 g/mol. The van der Waals surface area contributed by atoms with Gasteiger partial charge in [-0.3, -0.25) is 4.55 Å². The van der Waals surface area contributed by atoms with Gasteiger partial charge in [0, 0.05) is 29.6 Å². The Balaban J connectivity index is 0.00000784. The molecule has 1 rings (SSSR count). The molecule has 0 aliphatic carbocycles. The Morgan fingerprint density at radius 2 is 1.55 bits per heavy atom. The number of para-hydroxylation sites is 1. The summed E-state index contributed by atoms with van der Waals surface area (Å²) < 4.78 is 30.5. The van der Waals surface area contributed by atoms with Crippen LogP contribution in [-0.2, 0) is 20.0 Å². The van der Waals surface area contributed by atoms with Crippen LogP contribution in [0.5, 0.6) is 5.75 Å². The molecule has 2 atom stereocenters. The maximum atomic E-state index is 10.9. The Morgan fingerprint density at radius 3 is 2.17 bits per heavy atom. The fourth-order valence-electron chi connectivity index (χ4n) is 2.86. The van der Waals surface area contributed by atoms with E-state index >= 15 is 0 Å². The first-order chi connectivity index (χ1) is 13.4. The van der Waals surface area contributed by atoms with Crippen molar-refractivity contribution in [1.29, 1.82) is 0 Å². The van der Waals surface area contributed by atoms with Crippen molar-refractivity contribution in [2.75, 3.05) is 5.75 Å². The first kappa shape index (κ1) is 28.8. The van der Waals surface area contributed by atoms with E-state index in [0.29, 0.717) is 18.6 Å². The first-order valence-electron chi connectivity index (χ1n) is 10.1. The molecule has 0 saturated carbocycles. The van der Waals surface area contributed by atoms with E-state index in [-0.39, 0.29) is 42.1 Å². The molecule has 0 aliphatic heterocycles. The molecule has 1 aromatic carbocycles. The number of benzene rings is 1. The van der Waals surface area contributed by atoms with Gasteiger partial charge in [-0.05, 0) is 36.4 Å². The maximum absolute atomic E-state index is 10.9. The predicted octanol–water partition coefficient (Wildman–Crippen LogP) is 4.09. The van der Waals surface area contributed by atoms with Crippen molar-refractivity contribution in [1.82, 2.24) is 0 Å². The monoisotopic (exact) mass is 441 g/mol. The van der Waals surface area contributed by atoms with E-state index < -0.39 is 22.0 Å². The van der Waals surface area contributed by atoms with Crippen molar-refractivity contribution in [2.45, 2.75) is 83.3 Å². The zero-order valence-corrected chi connectivity index (χ0v) is 20.5. The zero-order valence-electron chi connectivity index (χ0n) is 17.7. The number of rotatable bonds is 17. The van der Waals surface area contributed by atoms with Crippen LogP contribution in [0.25, 0.3) is 0 Å². The molecule has 0 saturated heterocycles. The van der Waals surface area contributed by atoms with Crippen molar-refractivity contribution in [3.8, 4) is 5.75 Å². The molecule has 0 amide bonds. The van der Waals surface area contributed by atoms with Gasteiger partial charge in [-0.1, -0.05) is 70.1 Å². The van der Waals surface area contributed by atoms with Gasteiger partial charge in [-0.25, -0.2) is 0 Å². The van der Waals surface area contributed by atoms with E-state index in [4.69, 9.17) is 19.4 Å². The van der Waals surface area contributed by atoms with Crippen molar-refractivity contribution < 1.29 is 32.9 Å². The molecule has 1 aromatic rings. The number of hydrogen-bond acceptors (Lipinski definition) is 6. The predicted molar refractivity (Wildman–Crippen MR) is 113 cm³/mol. The van der Waals surface area contributed by atoms with Gasteiger partial charge < -0.3 is 9.99 Å². The second-order valence-corrected chi connectivity index (χ2v) is 8.57. The average Bonchev–Trinajstić information content (AvgIpc) is 2.64. The molecule has 9 heteroatoms. The van der Waals surface area contributed by atoms with E-state index in [0.717, 1.165) is 12.8 Å². The van der Waals surface area contributed by atoms with Crippen LogP contribution in [0.15, 0.2) is 30.3 Å². The quantitative estimate of drug-likeness (QED) is 0.123. The van der Waals surface area contributed by atoms with E-state index in [1.807, 2.05) is 6.07 Å². The van der Waals surface area contributed by atoms with E-state index in [2.05, 4.69) is 6.92 Å². The van der Waals surface area contributed by atoms with Gasteiger partial charge in [-0.15, -0.1) is 0 Å². The van der Waals surface area contributed by atoms with Gasteiger partial charge in [0.1, 0.15) is 5.75 Å². The van der Waals surface area contributed by atoms with Crippen LogP contribution in [0.4, 0.5) is 0 Å². The molecular weight excluding hydrogens is 407 g/mol. The van der Waals surface area contributed by atoms with Gasteiger partial charge in [-0.2, -0.15) is 13.3 Å². The third kappa shape index (κ3) is 17.2. The SMILES string of the molecule is CCCCCCCCCC(CCC(O)CS(=O)(=O)O)OOOc1ccccc1.[Na]. The molecule has 163 valence electrons. The fraction of sp³-hybridized carbons (Fsp3) is 0.700. The second kappa shape index (κ2) is 17.5. The third-order valence-corrected chi connectivity index (χ3v) is 5.21. The van der Waals surface area contributed by atoms with Crippen molar-refractivity contribution in [3.05, 3.63) is 30.3 Å². The largest absolute Gasteiger partial charge is 0.392 e. The topological polar surface area (TPSA) is 102 Å². The minimum atomic E-state index is -4.20. The molecule has 0 aliphatic rings. The van der Waals surface area contributed by atoms with Crippen molar-refractivity contribution >= 4 is 39.7 Å². The summed E-state index contributed by atoms with van der Waals surface area (Å²) >= 11 is 0. The number of unbranched alkanes of at least 4 members (excludes halogenated alkanes) is 6.